The topological polar surface area (TPSA) is 89.4 Å². The van der Waals surface area contributed by atoms with Gasteiger partial charge in [0.1, 0.15) is 23.1 Å². The van der Waals surface area contributed by atoms with Crippen LogP contribution in [0.4, 0.5) is 23.2 Å². The van der Waals surface area contributed by atoms with Gasteiger partial charge >= 0.3 is 12.3 Å². The summed E-state index contributed by atoms with van der Waals surface area (Å²) in [5.74, 6) is -3.23. The van der Waals surface area contributed by atoms with Crippen molar-refractivity contribution in [1.29, 1.82) is 0 Å². The van der Waals surface area contributed by atoms with Crippen LogP contribution in [0.1, 0.15) is 25.8 Å². The molecule has 3 atom stereocenters. The van der Waals surface area contributed by atoms with Gasteiger partial charge in [0.25, 0.3) is 0 Å². The maximum Gasteiger partial charge on any atom is 0.525 e. The Balaban J connectivity index is 0.000000266. The lowest BCUT2D eigenvalue weighted by Gasteiger charge is -2.34. The van der Waals surface area contributed by atoms with Crippen molar-refractivity contribution >= 4 is 23.4 Å². The summed E-state index contributed by atoms with van der Waals surface area (Å²) in [6, 6.07) is 21.0. The van der Waals surface area contributed by atoms with E-state index < -0.39 is 29.7 Å². The summed E-state index contributed by atoms with van der Waals surface area (Å²) in [6.07, 6.45) is 4.16. The van der Waals surface area contributed by atoms with E-state index in [9.17, 15) is 27.5 Å². The monoisotopic (exact) mass is 638 g/mol. The number of carboxylic acids is 1. The summed E-state index contributed by atoms with van der Waals surface area (Å²) < 4.78 is 66.5. The molecule has 0 radical (unpaired) electrons. The molecule has 2 aliphatic rings. The number of aliphatic imine (C=N–C) groups is 1. The molecule has 0 aromatic heterocycles. The number of nitrogens with zero attached hydrogens (tertiary/aromatic N) is 1. The highest BCUT2D eigenvalue weighted by atomic mass is 19.4. The van der Waals surface area contributed by atoms with E-state index in [-0.39, 0.29) is 18.8 Å². The average molecular weight is 639 g/mol. The minimum absolute atomic E-state index is 0.0504. The fourth-order valence-corrected chi connectivity index (χ4v) is 5.12. The summed E-state index contributed by atoms with van der Waals surface area (Å²) in [7, 11) is 1.62. The SMILES string of the molecule is CCOC1(OC(F)(F)F)C=CC=C(c2ccc(NC3(C)N=CC=CC3C(=O)O)cc2)C1.COc1cccc(-c2cccc(F)c2)c1. The van der Waals surface area contributed by atoms with Gasteiger partial charge in [-0.2, -0.15) is 0 Å². The zero-order chi connectivity index (χ0) is 33.4. The highest BCUT2D eigenvalue weighted by Gasteiger charge is 2.44. The van der Waals surface area contributed by atoms with Gasteiger partial charge in [-0.3, -0.25) is 14.5 Å². The normalized spacial score (nSPS) is 22.0. The summed E-state index contributed by atoms with van der Waals surface area (Å²) in [6.45, 7) is 3.33. The lowest BCUT2D eigenvalue weighted by Crippen LogP contribution is -2.45. The third kappa shape index (κ3) is 8.92. The maximum absolute atomic E-state index is 13.0. The van der Waals surface area contributed by atoms with E-state index in [0.717, 1.165) is 16.9 Å². The van der Waals surface area contributed by atoms with Crippen LogP contribution in [-0.2, 0) is 14.3 Å². The van der Waals surface area contributed by atoms with Crippen molar-refractivity contribution in [1.82, 2.24) is 0 Å². The predicted molar refractivity (Wildman–Crippen MR) is 169 cm³/mol. The minimum Gasteiger partial charge on any atom is -0.497 e. The molecule has 3 aromatic rings. The van der Waals surface area contributed by atoms with E-state index in [4.69, 9.17) is 9.47 Å². The number of halogens is 4. The lowest BCUT2D eigenvalue weighted by molar-refractivity contribution is -0.402. The van der Waals surface area contributed by atoms with E-state index in [1.165, 1.54) is 30.5 Å². The smallest absolute Gasteiger partial charge is 0.497 e. The summed E-state index contributed by atoms with van der Waals surface area (Å²) in [5.41, 5.74) is 2.67. The largest absolute Gasteiger partial charge is 0.525 e. The highest BCUT2D eigenvalue weighted by molar-refractivity contribution is 5.82. The van der Waals surface area contributed by atoms with Crippen LogP contribution in [0.2, 0.25) is 0 Å². The number of benzene rings is 3. The van der Waals surface area contributed by atoms with Gasteiger partial charge in [-0.25, -0.2) is 4.39 Å². The Morgan fingerprint density at radius 2 is 1.72 bits per heavy atom. The van der Waals surface area contributed by atoms with Crippen LogP contribution < -0.4 is 10.1 Å². The number of hydrogen-bond acceptors (Lipinski definition) is 6. The molecule has 5 rings (SSSR count). The van der Waals surface area contributed by atoms with E-state index in [1.807, 2.05) is 30.3 Å². The molecule has 46 heavy (non-hydrogen) atoms. The van der Waals surface area contributed by atoms with Crippen molar-refractivity contribution in [3.05, 3.63) is 115 Å². The Morgan fingerprint density at radius 3 is 2.35 bits per heavy atom. The Labute approximate surface area is 264 Å². The third-order valence-corrected chi connectivity index (χ3v) is 7.25. The van der Waals surface area contributed by atoms with Crippen molar-refractivity contribution in [2.45, 2.75) is 38.1 Å². The number of rotatable bonds is 9. The Hall–Kier alpha value is -4.74. The van der Waals surface area contributed by atoms with E-state index in [1.54, 1.807) is 69.5 Å². The molecule has 0 bridgehead atoms. The van der Waals surface area contributed by atoms with Crippen molar-refractivity contribution in [2.75, 3.05) is 19.0 Å². The first-order valence-corrected chi connectivity index (χ1v) is 14.4. The summed E-state index contributed by atoms with van der Waals surface area (Å²) in [5, 5.41) is 12.6. The molecule has 0 fully saturated rings. The Morgan fingerprint density at radius 1 is 1.02 bits per heavy atom. The van der Waals surface area contributed by atoms with Crippen molar-refractivity contribution in [3.8, 4) is 16.9 Å². The van der Waals surface area contributed by atoms with Crippen LogP contribution in [0.15, 0.2) is 108 Å². The van der Waals surface area contributed by atoms with E-state index >= 15 is 0 Å². The summed E-state index contributed by atoms with van der Waals surface area (Å²) in [4.78, 5) is 15.8. The van der Waals surface area contributed by atoms with Crippen molar-refractivity contribution in [3.63, 3.8) is 0 Å². The number of dihydropyridines is 1. The number of aliphatic carboxylic acids is 1. The van der Waals surface area contributed by atoms with Crippen LogP contribution in [-0.4, -0.2) is 48.8 Å². The second-order valence-corrected chi connectivity index (χ2v) is 10.6. The van der Waals surface area contributed by atoms with Crippen LogP contribution >= 0.6 is 0 Å². The van der Waals surface area contributed by atoms with Crippen LogP contribution in [0, 0.1) is 11.7 Å². The molecule has 1 heterocycles. The number of nitrogens with one attached hydrogen (secondary N) is 1. The zero-order valence-corrected chi connectivity index (χ0v) is 25.4. The van der Waals surface area contributed by atoms with Gasteiger partial charge in [-0.1, -0.05) is 54.6 Å². The molecule has 0 saturated heterocycles. The molecule has 0 spiro atoms. The molecule has 7 nitrogen and oxygen atoms in total. The molecule has 0 saturated carbocycles. The first-order chi connectivity index (χ1) is 21.9. The van der Waals surface area contributed by atoms with E-state index in [0.29, 0.717) is 16.8 Å². The summed E-state index contributed by atoms with van der Waals surface area (Å²) >= 11 is 0. The molecule has 11 heteroatoms. The molecule has 2 N–H and O–H groups in total. The Bertz CT molecular complexity index is 1630. The lowest BCUT2D eigenvalue weighted by atomic mass is 9.91. The second-order valence-electron chi connectivity index (χ2n) is 10.6. The fourth-order valence-electron chi connectivity index (χ4n) is 5.12. The zero-order valence-electron chi connectivity index (χ0n) is 25.4. The third-order valence-electron chi connectivity index (χ3n) is 7.25. The molecule has 0 amide bonds. The van der Waals surface area contributed by atoms with Gasteiger partial charge in [0, 0.05) is 24.9 Å². The van der Waals surface area contributed by atoms with Crippen molar-refractivity contribution in [2.24, 2.45) is 10.9 Å². The van der Waals surface area contributed by atoms with Crippen LogP contribution in [0.5, 0.6) is 5.75 Å². The molecule has 1 aliphatic carbocycles. The van der Waals surface area contributed by atoms with Gasteiger partial charge in [-0.05, 0) is 84.7 Å². The maximum atomic E-state index is 13.0. The number of methoxy groups -OCH3 is 1. The molecular weight excluding hydrogens is 604 g/mol. The second kappa shape index (κ2) is 14.6. The molecular formula is C35H34F4N2O5. The highest BCUT2D eigenvalue weighted by Crippen LogP contribution is 2.38. The van der Waals surface area contributed by atoms with Gasteiger partial charge in [0.15, 0.2) is 0 Å². The quantitative estimate of drug-likeness (QED) is 0.181. The number of allylic oxidation sites excluding steroid dienone is 3. The minimum atomic E-state index is -4.85. The number of ether oxygens (including phenoxy) is 3. The molecule has 242 valence electrons. The first-order valence-electron chi connectivity index (χ1n) is 14.4. The van der Waals surface area contributed by atoms with Gasteiger partial charge < -0.3 is 19.9 Å². The molecule has 3 unspecified atom stereocenters. The number of anilines is 1. The average Bonchev–Trinajstić information content (AvgIpc) is 3.01. The van der Waals surface area contributed by atoms with E-state index in [2.05, 4.69) is 15.0 Å². The number of carboxylic acid groups (broad SMARTS) is 1. The van der Waals surface area contributed by atoms with Crippen molar-refractivity contribution < 1.29 is 41.7 Å². The Kier molecular flexibility index (Phi) is 10.8. The fraction of sp³-hybridized carbons (Fsp3) is 0.257. The first kappa shape index (κ1) is 34.1. The predicted octanol–water partition coefficient (Wildman–Crippen LogP) is 8.27. The number of carbonyl (C=O) groups is 1. The van der Waals surface area contributed by atoms with Crippen LogP contribution in [0.3, 0.4) is 0 Å². The number of alkyl halides is 3. The van der Waals surface area contributed by atoms with Gasteiger partial charge in [-0.15, -0.1) is 13.2 Å². The van der Waals surface area contributed by atoms with Crippen LogP contribution in [0.25, 0.3) is 16.7 Å². The van der Waals surface area contributed by atoms with Gasteiger partial charge in [0.2, 0.25) is 5.79 Å². The molecule has 3 aromatic carbocycles. The number of hydrogen-bond donors (Lipinski definition) is 2. The van der Waals surface area contributed by atoms with Gasteiger partial charge in [0.05, 0.1) is 7.11 Å². The standard InChI is InChI=1S/C22H23F3N2O4.C13H11FO/c1-3-30-21(31-22(23,24)25)12-4-6-16(14-21)15-8-10-17(11-9-15)27-20(2)18(19(28)29)7-5-13-26-20;1-15-13-7-3-5-11(9-13)10-4-2-6-12(14)8-10/h4-13,18,27H,3,14H2,1-2H3,(H,28,29);2-9H,1H3. The molecule has 1 aliphatic heterocycles.